The van der Waals surface area contributed by atoms with Crippen molar-refractivity contribution >= 4 is 52.1 Å². The van der Waals surface area contributed by atoms with E-state index in [0.717, 1.165) is 0 Å². The molecule has 1 aromatic carbocycles. The molecule has 0 bridgehead atoms. The van der Waals surface area contributed by atoms with Crippen molar-refractivity contribution in [3.63, 3.8) is 0 Å². The molecule has 0 unspecified atom stereocenters. The van der Waals surface area contributed by atoms with Crippen LogP contribution in [0.3, 0.4) is 0 Å². The van der Waals surface area contributed by atoms with Crippen LogP contribution in [0, 0.1) is 0 Å². The van der Waals surface area contributed by atoms with Gasteiger partial charge in [0.15, 0.2) is 16.7 Å². The van der Waals surface area contributed by atoms with Crippen LogP contribution in [0.4, 0.5) is 11.4 Å². The second kappa shape index (κ2) is 6.93. The fraction of sp³-hybridized carbons (Fsp3) is 0.200. The van der Waals surface area contributed by atoms with Crippen molar-refractivity contribution in [3.05, 3.63) is 39.1 Å². The number of anilines is 2. The molecule has 0 radical (unpaired) electrons. The Bertz CT molecular complexity index is 814. The number of rotatable bonds is 4. The summed E-state index contributed by atoms with van der Waals surface area (Å²) in [7, 11) is 0. The molecule has 2 aromatic rings. The average Bonchev–Trinajstić information content (AvgIpc) is 3.00. The molecule has 1 N–H and O–H groups in total. The van der Waals surface area contributed by atoms with Crippen molar-refractivity contribution in [2.45, 2.75) is 6.92 Å². The number of nitrogens with one attached hydrogen (secondary N) is 1. The number of carbonyl (C=O) groups excluding carboxylic acids is 1. The van der Waals surface area contributed by atoms with Crippen LogP contribution < -0.4 is 14.8 Å². The summed E-state index contributed by atoms with van der Waals surface area (Å²) < 4.78 is 15.6. The van der Waals surface area contributed by atoms with Gasteiger partial charge in [-0.1, -0.05) is 34.8 Å². The molecule has 0 saturated heterocycles. The van der Waals surface area contributed by atoms with Gasteiger partial charge in [-0.3, -0.25) is 0 Å². The van der Waals surface area contributed by atoms with Gasteiger partial charge in [0, 0.05) is 11.8 Å². The number of nitrogens with zero attached hydrogens (tertiary/aromatic N) is 1. The predicted octanol–water partition coefficient (Wildman–Crippen LogP) is 4.69. The second-order valence-electron chi connectivity index (χ2n) is 4.67. The lowest BCUT2D eigenvalue weighted by atomic mass is 10.2. The zero-order valence-corrected chi connectivity index (χ0v) is 14.6. The highest BCUT2D eigenvalue weighted by Crippen LogP contribution is 2.40. The zero-order chi connectivity index (χ0) is 17.3. The van der Waals surface area contributed by atoms with Crippen LogP contribution in [0.15, 0.2) is 18.2 Å². The number of esters is 1. The molecule has 3 rings (SSSR count). The Balaban J connectivity index is 2.04. The number of benzene rings is 1. The maximum atomic E-state index is 12.2. The summed E-state index contributed by atoms with van der Waals surface area (Å²) in [5, 5.41) is 2.94. The van der Waals surface area contributed by atoms with Gasteiger partial charge in [0.25, 0.3) is 0 Å². The first-order valence-corrected chi connectivity index (χ1v) is 8.03. The van der Waals surface area contributed by atoms with Crippen LogP contribution in [0.25, 0.3) is 0 Å². The number of ether oxygens (including phenoxy) is 3. The van der Waals surface area contributed by atoms with E-state index in [1.165, 1.54) is 0 Å². The maximum absolute atomic E-state index is 12.2. The van der Waals surface area contributed by atoms with Crippen molar-refractivity contribution in [3.8, 4) is 11.5 Å². The minimum atomic E-state index is -0.656. The average molecular weight is 390 g/mol. The van der Waals surface area contributed by atoms with Gasteiger partial charge in [-0.25, -0.2) is 9.78 Å². The Morgan fingerprint density at radius 3 is 2.75 bits per heavy atom. The molecule has 0 spiro atoms. The first-order valence-electron chi connectivity index (χ1n) is 6.89. The molecule has 24 heavy (non-hydrogen) atoms. The largest absolute Gasteiger partial charge is 0.462 e. The zero-order valence-electron chi connectivity index (χ0n) is 12.4. The SMILES string of the molecule is CCOC(=O)c1c(Cl)nc(Cl)c(Cl)c1Nc1ccc2c(c1)OCO2. The highest BCUT2D eigenvalue weighted by atomic mass is 35.5. The van der Waals surface area contributed by atoms with Gasteiger partial charge in [0.2, 0.25) is 6.79 Å². The molecular weight excluding hydrogens is 379 g/mol. The minimum absolute atomic E-state index is 0.00517. The highest BCUT2D eigenvalue weighted by Gasteiger charge is 2.24. The lowest BCUT2D eigenvalue weighted by Crippen LogP contribution is -2.10. The van der Waals surface area contributed by atoms with Gasteiger partial charge < -0.3 is 19.5 Å². The van der Waals surface area contributed by atoms with Gasteiger partial charge >= 0.3 is 5.97 Å². The molecular formula is C15H11Cl3N2O4. The summed E-state index contributed by atoms with van der Waals surface area (Å²) in [6.07, 6.45) is 0. The van der Waals surface area contributed by atoms with Gasteiger partial charge in [0.1, 0.15) is 15.7 Å². The first-order chi connectivity index (χ1) is 11.5. The maximum Gasteiger partial charge on any atom is 0.343 e. The van der Waals surface area contributed by atoms with E-state index in [-0.39, 0.29) is 40.0 Å². The number of halogens is 3. The molecule has 1 aliphatic rings. The Hall–Kier alpha value is -1.89. The van der Waals surface area contributed by atoms with E-state index in [4.69, 9.17) is 49.0 Å². The number of fused-ring (bicyclic) bond motifs is 1. The number of aromatic nitrogens is 1. The smallest absolute Gasteiger partial charge is 0.343 e. The number of pyridine rings is 1. The first kappa shape index (κ1) is 17.0. The highest BCUT2D eigenvalue weighted by molar-refractivity contribution is 6.45. The molecule has 1 aliphatic heterocycles. The topological polar surface area (TPSA) is 69.7 Å². The van der Waals surface area contributed by atoms with Crippen LogP contribution in [0.5, 0.6) is 11.5 Å². The molecule has 6 nitrogen and oxygen atoms in total. The third-order valence-corrected chi connectivity index (χ3v) is 4.19. The quantitative estimate of drug-likeness (QED) is 0.604. The van der Waals surface area contributed by atoms with E-state index in [0.29, 0.717) is 17.2 Å². The van der Waals surface area contributed by atoms with Gasteiger partial charge in [-0.2, -0.15) is 0 Å². The summed E-state index contributed by atoms with van der Waals surface area (Å²) in [5.74, 6) is 0.542. The summed E-state index contributed by atoms with van der Waals surface area (Å²) in [5.41, 5.74) is 0.814. The van der Waals surface area contributed by atoms with Crippen LogP contribution in [-0.2, 0) is 4.74 Å². The van der Waals surface area contributed by atoms with E-state index < -0.39 is 5.97 Å². The second-order valence-corrected chi connectivity index (χ2v) is 5.76. The monoisotopic (exact) mass is 388 g/mol. The molecule has 0 atom stereocenters. The normalized spacial score (nSPS) is 12.2. The fourth-order valence-corrected chi connectivity index (χ4v) is 2.80. The van der Waals surface area contributed by atoms with Gasteiger partial charge in [0.05, 0.1) is 12.3 Å². The van der Waals surface area contributed by atoms with E-state index in [1.54, 1.807) is 25.1 Å². The molecule has 0 saturated carbocycles. The van der Waals surface area contributed by atoms with Crippen LogP contribution in [0.2, 0.25) is 15.3 Å². The van der Waals surface area contributed by atoms with Crippen molar-refractivity contribution in [2.75, 3.05) is 18.7 Å². The lowest BCUT2D eigenvalue weighted by molar-refractivity contribution is 0.0527. The van der Waals surface area contributed by atoms with Crippen molar-refractivity contribution < 1.29 is 19.0 Å². The standard InChI is InChI=1S/C15H11Cl3N2O4/c1-2-22-15(21)10-12(11(16)14(18)20-13(10)17)19-7-3-4-8-9(5-7)24-6-23-8/h3-5H,2,6H2,1H3,(H,19,20). The van der Waals surface area contributed by atoms with E-state index in [2.05, 4.69) is 10.3 Å². The Kier molecular flexibility index (Phi) is 4.89. The number of hydrogen-bond acceptors (Lipinski definition) is 6. The van der Waals surface area contributed by atoms with E-state index >= 15 is 0 Å². The molecule has 126 valence electrons. The van der Waals surface area contributed by atoms with Crippen LogP contribution in [-0.4, -0.2) is 24.4 Å². The number of hydrogen-bond donors (Lipinski definition) is 1. The van der Waals surface area contributed by atoms with E-state index in [1.807, 2.05) is 0 Å². The molecule has 0 amide bonds. The van der Waals surface area contributed by atoms with Gasteiger partial charge in [-0.15, -0.1) is 0 Å². The molecule has 0 fully saturated rings. The van der Waals surface area contributed by atoms with E-state index in [9.17, 15) is 4.79 Å². The van der Waals surface area contributed by atoms with Gasteiger partial charge in [-0.05, 0) is 19.1 Å². The van der Waals surface area contributed by atoms with Crippen molar-refractivity contribution in [1.82, 2.24) is 4.98 Å². The lowest BCUT2D eigenvalue weighted by Gasteiger charge is -2.15. The van der Waals surface area contributed by atoms with Crippen molar-refractivity contribution in [1.29, 1.82) is 0 Å². The van der Waals surface area contributed by atoms with Crippen LogP contribution in [0.1, 0.15) is 17.3 Å². The Labute approximate surface area is 152 Å². The van der Waals surface area contributed by atoms with Crippen molar-refractivity contribution in [2.24, 2.45) is 0 Å². The summed E-state index contributed by atoms with van der Waals surface area (Å²) in [4.78, 5) is 16.0. The Morgan fingerprint density at radius 1 is 1.25 bits per heavy atom. The predicted molar refractivity (Wildman–Crippen MR) is 91.1 cm³/mol. The fourth-order valence-electron chi connectivity index (χ4n) is 2.13. The molecule has 2 heterocycles. The van der Waals surface area contributed by atoms with Crippen LogP contribution >= 0.6 is 34.8 Å². The Morgan fingerprint density at radius 2 is 2.00 bits per heavy atom. The minimum Gasteiger partial charge on any atom is -0.462 e. The number of carbonyl (C=O) groups is 1. The third kappa shape index (κ3) is 3.17. The third-order valence-electron chi connectivity index (χ3n) is 3.17. The molecule has 0 aliphatic carbocycles. The molecule has 1 aromatic heterocycles. The summed E-state index contributed by atoms with van der Waals surface area (Å²) >= 11 is 18.2. The summed E-state index contributed by atoms with van der Waals surface area (Å²) in [6.45, 7) is 2.01. The summed E-state index contributed by atoms with van der Waals surface area (Å²) in [6, 6.07) is 5.17. The molecule has 9 heteroatoms.